The third kappa shape index (κ3) is 18.5. The molecule has 0 spiro atoms. The standard InChI is InChI=1S/C29H47N9O16/c1-12(33-26(51)15(8-20(42)43)36-25(50)14(32-2)7-19(40)41)24(49)35-16(9-21(44)45)28(53)38-18(11-39)29(54)37-17(10-22(46)47)27(52)34-13(23(31)48)5-3-4-6-30/h12-18,32,39H,3-11,30H2,1-2H3,(H2,31,48)(H,33,51)(H,34,52)(H,35,49)(H,36,50)(H,37,54)(H,38,53)(H,40,41)(H,42,43)(H,44,45)(H,46,47)/t12-,13-,14-,15?,16?,17?,18-/m0/s1. The van der Waals surface area contributed by atoms with E-state index in [1.54, 1.807) is 0 Å². The molecule has 0 aromatic carbocycles. The first kappa shape index (κ1) is 48.0. The molecule has 3 unspecified atom stereocenters. The Labute approximate surface area is 306 Å². The number of rotatable bonds is 27. The van der Waals surface area contributed by atoms with Gasteiger partial charge in [-0.25, -0.2) is 0 Å². The highest BCUT2D eigenvalue weighted by Gasteiger charge is 2.34. The summed E-state index contributed by atoms with van der Waals surface area (Å²) in [5.74, 6) is -14.6. The van der Waals surface area contributed by atoms with Gasteiger partial charge in [0, 0.05) is 0 Å². The summed E-state index contributed by atoms with van der Waals surface area (Å²) in [4.78, 5) is 134. The normalized spacial score (nSPS) is 14.6. The summed E-state index contributed by atoms with van der Waals surface area (Å²) in [6.45, 7) is 0.103. The Morgan fingerprint density at radius 3 is 1.20 bits per heavy atom. The van der Waals surface area contributed by atoms with Crippen LogP contribution in [0.25, 0.3) is 0 Å². The molecule has 0 radical (unpaired) electrons. The molecule has 0 saturated heterocycles. The molecule has 16 N–H and O–H groups in total. The number of carboxylic acid groups (broad SMARTS) is 4. The topological polar surface area (TPSA) is 425 Å². The van der Waals surface area contributed by atoms with Gasteiger partial charge in [0.1, 0.15) is 36.3 Å². The summed E-state index contributed by atoms with van der Waals surface area (Å²) in [5.41, 5.74) is 10.7. The Balaban J connectivity index is 5.86. The predicted molar refractivity (Wildman–Crippen MR) is 178 cm³/mol. The molecule has 25 nitrogen and oxygen atoms in total. The Morgan fingerprint density at radius 1 is 0.500 bits per heavy atom. The van der Waals surface area contributed by atoms with Crippen molar-refractivity contribution in [2.75, 3.05) is 20.2 Å². The van der Waals surface area contributed by atoms with E-state index in [1.165, 1.54) is 7.05 Å². The lowest BCUT2D eigenvalue weighted by Crippen LogP contribution is -2.60. The number of likely N-dealkylation sites (N-methyl/N-ethyl adjacent to an activating group) is 1. The smallest absolute Gasteiger partial charge is 0.305 e. The fourth-order valence-electron chi connectivity index (χ4n) is 4.39. The van der Waals surface area contributed by atoms with E-state index in [0.717, 1.165) is 6.92 Å². The van der Waals surface area contributed by atoms with Gasteiger partial charge < -0.3 is 74.2 Å². The first-order valence-corrected chi connectivity index (χ1v) is 16.1. The molecule has 0 saturated carbocycles. The molecule has 0 bridgehead atoms. The van der Waals surface area contributed by atoms with E-state index in [4.69, 9.17) is 16.6 Å². The predicted octanol–water partition coefficient (Wildman–Crippen LogP) is -6.99. The van der Waals surface area contributed by atoms with E-state index in [9.17, 15) is 73.2 Å². The number of aliphatic hydroxyl groups excluding tert-OH is 1. The minimum Gasteiger partial charge on any atom is -0.481 e. The largest absolute Gasteiger partial charge is 0.481 e. The third-order valence-corrected chi connectivity index (χ3v) is 7.25. The maximum absolute atomic E-state index is 13.0. The summed E-state index contributed by atoms with van der Waals surface area (Å²) < 4.78 is 0. The van der Waals surface area contributed by atoms with Crippen LogP contribution < -0.4 is 48.7 Å². The van der Waals surface area contributed by atoms with E-state index in [-0.39, 0.29) is 13.0 Å². The van der Waals surface area contributed by atoms with Gasteiger partial charge in [0.05, 0.1) is 38.3 Å². The van der Waals surface area contributed by atoms with E-state index in [0.29, 0.717) is 12.8 Å². The lowest BCUT2D eigenvalue weighted by atomic mass is 10.1. The summed E-state index contributed by atoms with van der Waals surface area (Å²) in [5, 5.41) is 61.2. The molecule has 0 aromatic rings. The van der Waals surface area contributed by atoms with Crippen LogP contribution >= 0.6 is 0 Å². The number of aliphatic hydroxyl groups is 1. The fourth-order valence-corrected chi connectivity index (χ4v) is 4.39. The number of nitrogens with two attached hydrogens (primary N) is 2. The van der Waals surface area contributed by atoms with Gasteiger partial charge in [0.15, 0.2) is 0 Å². The van der Waals surface area contributed by atoms with Crippen molar-refractivity contribution in [2.45, 2.75) is 94.2 Å². The number of hydrogen-bond donors (Lipinski definition) is 14. The number of primary amides is 1. The Hall–Kier alpha value is -5.95. The molecule has 7 amide bonds. The van der Waals surface area contributed by atoms with Crippen LogP contribution in [0.15, 0.2) is 0 Å². The van der Waals surface area contributed by atoms with Gasteiger partial charge in [-0.2, -0.15) is 0 Å². The maximum Gasteiger partial charge on any atom is 0.305 e. The lowest BCUT2D eigenvalue weighted by Gasteiger charge is -2.25. The van der Waals surface area contributed by atoms with Crippen LogP contribution in [0, 0.1) is 0 Å². The summed E-state index contributed by atoms with van der Waals surface area (Å²) in [6.07, 6.45) is -3.06. The molecular weight excluding hydrogens is 730 g/mol. The van der Waals surface area contributed by atoms with Crippen molar-refractivity contribution < 1.29 is 78.3 Å². The van der Waals surface area contributed by atoms with Gasteiger partial charge in [-0.1, -0.05) is 0 Å². The van der Waals surface area contributed by atoms with Crippen LogP contribution in [0.5, 0.6) is 0 Å². The molecule has 0 aliphatic carbocycles. The highest BCUT2D eigenvalue weighted by Crippen LogP contribution is 2.04. The maximum atomic E-state index is 13.0. The second kappa shape index (κ2) is 24.3. The summed E-state index contributed by atoms with van der Waals surface area (Å²) in [7, 11) is 1.23. The molecule has 0 heterocycles. The van der Waals surface area contributed by atoms with Crippen LogP contribution in [0.2, 0.25) is 0 Å². The molecular formula is C29H47N9O16. The van der Waals surface area contributed by atoms with E-state index in [2.05, 4.69) is 21.3 Å². The van der Waals surface area contributed by atoms with Gasteiger partial charge >= 0.3 is 23.9 Å². The van der Waals surface area contributed by atoms with Gasteiger partial charge in [0.2, 0.25) is 41.4 Å². The van der Waals surface area contributed by atoms with Crippen molar-refractivity contribution in [3.63, 3.8) is 0 Å². The van der Waals surface area contributed by atoms with Crippen molar-refractivity contribution in [3.8, 4) is 0 Å². The second-order valence-electron chi connectivity index (χ2n) is 11.6. The van der Waals surface area contributed by atoms with Crippen LogP contribution in [-0.4, -0.2) is 153 Å². The molecule has 0 aliphatic heterocycles. The zero-order valence-corrected chi connectivity index (χ0v) is 29.3. The summed E-state index contributed by atoms with van der Waals surface area (Å²) in [6, 6.07) is -11.9. The number of carbonyl (C=O) groups is 11. The van der Waals surface area contributed by atoms with Crippen LogP contribution in [0.4, 0.5) is 0 Å². The average Bonchev–Trinajstić information content (AvgIpc) is 3.06. The Morgan fingerprint density at radius 2 is 0.833 bits per heavy atom. The van der Waals surface area contributed by atoms with Crippen molar-refractivity contribution in [1.29, 1.82) is 0 Å². The quantitative estimate of drug-likeness (QED) is 0.0345. The molecule has 25 heteroatoms. The number of unbranched alkanes of at least 4 members (excludes halogenated alkanes) is 1. The van der Waals surface area contributed by atoms with Crippen molar-refractivity contribution in [3.05, 3.63) is 0 Å². The zero-order valence-electron chi connectivity index (χ0n) is 29.3. The zero-order chi connectivity index (χ0) is 41.7. The molecule has 54 heavy (non-hydrogen) atoms. The number of hydrogen-bond acceptors (Lipinski definition) is 14. The number of amides is 7. The van der Waals surface area contributed by atoms with Gasteiger partial charge in [-0.15, -0.1) is 0 Å². The first-order valence-electron chi connectivity index (χ1n) is 16.1. The van der Waals surface area contributed by atoms with Crippen LogP contribution in [-0.2, 0) is 52.7 Å². The highest BCUT2D eigenvalue weighted by molar-refractivity contribution is 5.99. The Bertz CT molecular complexity index is 1410. The molecule has 7 atom stereocenters. The van der Waals surface area contributed by atoms with Crippen LogP contribution in [0.1, 0.15) is 51.9 Å². The number of carboxylic acids is 4. The van der Waals surface area contributed by atoms with Gasteiger partial charge in [0.25, 0.3) is 0 Å². The Kier molecular flexibility index (Phi) is 21.6. The molecule has 0 fully saturated rings. The average molecular weight is 778 g/mol. The molecule has 0 rings (SSSR count). The number of aliphatic carboxylic acids is 4. The highest BCUT2D eigenvalue weighted by atomic mass is 16.4. The molecule has 0 aliphatic rings. The first-order chi connectivity index (χ1) is 25.2. The minimum atomic E-state index is -2.00. The van der Waals surface area contributed by atoms with E-state index >= 15 is 0 Å². The van der Waals surface area contributed by atoms with Crippen molar-refractivity contribution in [1.82, 2.24) is 37.2 Å². The fraction of sp³-hybridized carbons (Fsp3) is 0.621. The van der Waals surface area contributed by atoms with E-state index in [1.807, 2.05) is 16.0 Å². The third-order valence-electron chi connectivity index (χ3n) is 7.25. The molecule has 304 valence electrons. The monoisotopic (exact) mass is 777 g/mol. The lowest BCUT2D eigenvalue weighted by molar-refractivity contribution is -0.143. The number of carbonyl (C=O) groups excluding carboxylic acids is 7. The summed E-state index contributed by atoms with van der Waals surface area (Å²) >= 11 is 0. The minimum absolute atomic E-state index is 0.0332. The van der Waals surface area contributed by atoms with Gasteiger partial charge in [-0.3, -0.25) is 52.7 Å². The van der Waals surface area contributed by atoms with Crippen molar-refractivity contribution in [2.24, 2.45) is 11.5 Å². The van der Waals surface area contributed by atoms with Crippen LogP contribution in [0.3, 0.4) is 0 Å². The number of nitrogens with one attached hydrogen (secondary N) is 7. The van der Waals surface area contributed by atoms with E-state index < -0.39 is 140 Å². The SMILES string of the molecule is CN[C@@H](CC(=O)O)C(=O)NC(CC(=O)O)C(=O)N[C@@H](C)C(=O)NC(CC(=O)O)C(=O)N[C@@H](CO)C(=O)NC(CC(=O)O)C(=O)N[C@@H](CCCCN)C(N)=O. The van der Waals surface area contributed by atoms with Crippen molar-refractivity contribution >= 4 is 65.2 Å². The second-order valence-corrected chi connectivity index (χ2v) is 11.6. The van der Waals surface area contributed by atoms with Gasteiger partial charge in [-0.05, 0) is 39.8 Å². The molecule has 0 aromatic heterocycles.